The molecular weight excluding hydrogens is 384 g/mol. The van der Waals surface area contributed by atoms with Gasteiger partial charge in [0.2, 0.25) is 5.91 Å². The van der Waals surface area contributed by atoms with E-state index in [0.717, 1.165) is 22.0 Å². The smallest absolute Gasteiger partial charge is 0.234 e. The molecule has 0 bridgehead atoms. The van der Waals surface area contributed by atoms with Crippen LogP contribution in [0.25, 0.3) is 0 Å². The van der Waals surface area contributed by atoms with Crippen molar-refractivity contribution in [1.82, 2.24) is 10.2 Å². The monoisotopic (exact) mass is 406 g/mol. The minimum absolute atomic E-state index is 0.0506. The number of carbonyl (C=O) groups excluding carboxylic acids is 1. The van der Waals surface area contributed by atoms with E-state index in [2.05, 4.69) is 5.32 Å². The van der Waals surface area contributed by atoms with Crippen LogP contribution in [0.2, 0.25) is 0 Å². The van der Waals surface area contributed by atoms with E-state index in [0.29, 0.717) is 13.1 Å². The van der Waals surface area contributed by atoms with Crippen LogP contribution >= 0.6 is 11.3 Å². The Morgan fingerprint density at radius 2 is 1.59 bits per heavy atom. The van der Waals surface area contributed by atoms with Gasteiger partial charge in [-0.2, -0.15) is 0 Å². The minimum atomic E-state index is -0.169. The van der Waals surface area contributed by atoms with Gasteiger partial charge in [0, 0.05) is 4.88 Å². The van der Waals surface area contributed by atoms with Crippen LogP contribution in [0.4, 0.5) is 0 Å². The fraction of sp³-hybridized carbons (Fsp3) is 0.174. The van der Waals surface area contributed by atoms with Crippen LogP contribution in [0.1, 0.15) is 28.0 Å². The van der Waals surface area contributed by atoms with Crippen molar-refractivity contribution in [2.75, 3.05) is 6.54 Å². The molecule has 0 aliphatic carbocycles. The number of carbonyl (C=O) groups is 1. The topological polar surface area (TPSA) is 58.6 Å². The zero-order chi connectivity index (χ0) is 19.9. The van der Waals surface area contributed by atoms with Crippen LogP contribution in [-0.2, 0) is 17.9 Å². The highest BCUT2D eigenvalue weighted by atomic mass is 32.1. The highest BCUT2D eigenvalue weighted by molar-refractivity contribution is 7.10. The van der Waals surface area contributed by atoms with Gasteiger partial charge in [-0.25, -0.2) is 0 Å². The van der Waals surface area contributed by atoms with E-state index in [1.807, 2.05) is 77.0 Å². The summed E-state index contributed by atoms with van der Waals surface area (Å²) < 4.78 is 10.9. The van der Waals surface area contributed by atoms with Gasteiger partial charge in [-0.3, -0.25) is 9.69 Å². The maximum Gasteiger partial charge on any atom is 0.234 e. The van der Waals surface area contributed by atoms with Crippen molar-refractivity contribution in [2.45, 2.75) is 19.1 Å². The molecule has 5 nitrogen and oxygen atoms in total. The number of thiophene rings is 1. The Hall–Kier alpha value is -3.09. The van der Waals surface area contributed by atoms with Crippen LogP contribution in [0, 0.1) is 0 Å². The summed E-state index contributed by atoms with van der Waals surface area (Å²) in [6.45, 7) is 1.28. The number of hydrogen-bond donors (Lipinski definition) is 1. The van der Waals surface area contributed by atoms with Gasteiger partial charge >= 0.3 is 0 Å². The number of hydrogen-bond acceptors (Lipinski definition) is 5. The van der Waals surface area contributed by atoms with Crippen molar-refractivity contribution in [1.29, 1.82) is 0 Å². The van der Waals surface area contributed by atoms with Gasteiger partial charge in [-0.05, 0) is 41.3 Å². The SMILES string of the molecule is O=C(CN(Cc1ccco1)Cc1ccco1)N[C@H](c1ccccc1)c1cccs1. The van der Waals surface area contributed by atoms with E-state index in [-0.39, 0.29) is 18.5 Å². The molecule has 4 aromatic rings. The highest BCUT2D eigenvalue weighted by Gasteiger charge is 2.20. The molecule has 0 saturated carbocycles. The molecule has 1 atom stereocenters. The average Bonchev–Trinajstić information content (AvgIpc) is 3.50. The molecule has 0 aliphatic rings. The number of nitrogens with one attached hydrogen (secondary N) is 1. The largest absolute Gasteiger partial charge is 0.468 e. The van der Waals surface area contributed by atoms with E-state index in [4.69, 9.17) is 8.83 Å². The number of amides is 1. The number of rotatable bonds is 9. The minimum Gasteiger partial charge on any atom is -0.468 e. The molecule has 1 aromatic carbocycles. The molecule has 0 saturated heterocycles. The molecule has 3 aromatic heterocycles. The van der Waals surface area contributed by atoms with Gasteiger partial charge in [-0.15, -0.1) is 11.3 Å². The first kappa shape index (κ1) is 19.2. The first-order chi connectivity index (χ1) is 14.3. The van der Waals surface area contributed by atoms with Crippen LogP contribution < -0.4 is 5.32 Å². The third-order valence-corrected chi connectivity index (χ3v) is 5.49. The van der Waals surface area contributed by atoms with Crippen molar-refractivity contribution in [3.05, 3.63) is 107 Å². The van der Waals surface area contributed by atoms with Crippen LogP contribution in [0.15, 0.2) is 93.5 Å². The summed E-state index contributed by atoms with van der Waals surface area (Å²) in [6, 6.07) is 21.4. The number of nitrogens with zero attached hydrogens (tertiary/aromatic N) is 1. The second kappa shape index (κ2) is 9.41. The molecule has 3 heterocycles. The lowest BCUT2D eigenvalue weighted by Crippen LogP contribution is -2.38. The maximum atomic E-state index is 13.0. The molecular formula is C23H22N2O3S. The van der Waals surface area contributed by atoms with Gasteiger partial charge in [0.05, 0.1) is 38.2 Å². The maximum absolute atomic E-state index is 13.0. The standard InChI is InChI=1S/C23H22N2O3S/c26-22(24-23(21-11-6-14-29-21)18-7-2-1-3-8-18)17-25(15-19-9-4-12-27-19)16-20-10-5-13-28-20/h1-14,23H,15-17H2,(H,24,26)/t23-/m1/s1. The molecule has 4 rings (SSSR count). The lowest BCUT2D eigenvalue weighted by Gasteiger charge is -2.23. The first-order valence-electron chi connectivity index (χ1n) is 9.43. The van der Waals surface area contributed by atoms with Crippen LogP contribution in [-0.4, -0.2) is 17.4 Å². The quantitative estimate of drug-likeness (QED) is 0.432. The zero-order valence-corrected chi connectivity index (χ0v) is 16.7. The predicted octanol–water partition coefficient (Wildman–Crippen LogP) is 4.84. The second-order valence-electron chi connectivity index (χ2n) is 6.73. The number of benzene rings is 1. The Balaban J connectivity index is 1.48. The van der Waals surface area contributed by atoms with Crippen LogP contribution in [0.3, 0.4) is 0 Å². The summed E-state index contributed by atoms with van der Waals surface area (Å²) in [5.41, 5.74) is 1.06. The third-order valence-electron chi connectivity index (χ3n) is 4.55. The summed E-state index contributed by atoms with van der Waals surface area (Å²) >= 11 is 1.64. The summed E-state index contributed by atoms with van der Waals surface area (Å²) in [7, 11) is 0. The molecule has 0 radical (unpaired) electrons. The average molecular weight is 407 g/mol. The molecule has 0 spiro atoms. The van der Waals surface area contributed by atoms with E-state index >= 15 is 0 Å². The van der Waals surface area contributed by atoms with Gasteiger partial charge < -0.3 is 14.2 Å². The number of furan rings is 2. The van der Waals surface area contributed by atoms with Crippen molar-refractivity contribution < 1.29 is 13.6 Å². The van der Waals surface area contributed by atoms with E-state index < -0.39 is 0 Å². The second-order valence-corrected chi connectivity index (χ2v) is 7.71. The van der Waals surface area contributed by atoms with Gasteiger partial charge in [0.25, 0.3) is 0 Å². The van der Waals surface area contributed by atoms with Crippen molar-refractivity contribution in [3.8, 4) is 0 Å². The van der Waals surface area contributed by atoms with Gasteiger partial charge in [-0.1, -0.05) is 36.4 Å². The molecule has 1 N–H and O–H groups in total. The zero-order valence-electron chi connectivity index (χ0n) is 15.9. The Labute approximate surface area is 173 Å². The van der Waals surface area contributed by atoms with Crippen molar-refractivity contribution in [3.63, 3.8) is 0 Å². The molecule has 0 fully saturated rings. The molecule has 148 valence electrons. The highest BCUT2D eigenvalue weighted by Crippen LogP contribution is 2.26. The Morgan fingerprint density at radius 1 is 0.897 bits per heavy atom. The summed E-state index contributed by atoms with van der Waals surface area (Å²) in [6.07, 6.45) is 3.28. The lowest BCUT2D eigenvalue weighted by molar-refractivity contribution is -0.123. The fourth-order valence-electron chi connectivity index (χ4n) is 3.24. The summed E-state index contributed by atoms with van der Waals surface area (Å²) in [5, 5.41) is 5.22. The summed E-state index contributed by atoms with van der Waals surface area (Å²) in [5.74, 6) is 1.56. The van der Waals surface area contributed by atoms with E-state index in [9.17, 15) is 4.79 Å². The first-order valence-corrected chi connectivity index (χ1v) is 10.3. The molecule has 29 heavy (non-hydrogen) atoms. The van der Waals surface area contributed by atoms with Crippen molar-refractivity contribution >= 4 is 17.2 Å². The Kier molecular flexibility index (Phi) is 6.24. The summed E-state index contributed by atoms with van der Waals surface area (Å²) in [4.78, 5) is 16.1. The van der Waals surface area contributed by atoms with E-state index in [1.165, 1.54) is 0 Å². The Bertz CT molecular complexity index is 944. The van der Waals surface area contributed by atoms with Crippen LogP contribution in [0.5, 0.6) is 0 Å². The fourth-order valence-corrected chi connectivity index (χ4v) is 4.05. The molecule has 6 heteroatoms. The predicted molar refractivity (Wildman–Crippen MR) is 112 cm³/mol. The molecule has 0 unspecified atom stereocenters. The lowest BCUT2D eigenvalue weighted by atomic mass is 10.1. The molecule has 0 aliphatic heterocycles. The Morgan fingerprint density at radius 3 is 2.14 bits per heavy atom. The molecule has 1 amide bonds. The third kappa shape index (κ3) is 5.25. The van der Waals surface area contributed by atoms with E-state index in [1.54, 1.807) is 23.9 Å². The van der Waals surface area contributed by atoms with Crippen molar-refractivity contribution in [2.24, 2.45) is 0 Å². The van der Waals surface area contributed by atoms with Gasteiger partial charge in [0.1, 0.15) is 11.5 Å². The van der Waals surface area contributed by atoms with Gasteiger partial charge in [0.15, 0.2) is 0 Å². The normalized spacial score (nSPS) is 12.2.